The van der Waals surface area contributed by atoms with Crippen molar-refractivity contribution in [3.63, 3.8) is 0 Å². The van der Waals surface area contributed by atoms with Crippen molar-refractivity contribution in [2.45, 2.75) is 39.1 Å². The first-order valence-corrected chi connectivity index (χ1v) is 13.6. The molecule has 0 saturated heterocycles. The molecule has 3 aromatic carbocycles. The van der Waals surface area contributed by atoms with E-state index < -0.39 is 24.1 Å². The Balaban J connectivity index is 1.66. The molecular weight excluding hydrogens is 569 g/mol. The highest BCUT2D eigenvalue weighted by atomic mass is 35.5. The Morgan fingerprint density at radius 3 is 2.40 bits per heavy atom. The summed E-state index contributed by atoms with van der Waals surface area (Å²) in [5.41, 5.74) is 2.51. The molecule has 7 nitrogen and oxygen atoms in total. The molecule has 0 fully saturated rings. The molecule has 42 heavy (non-hydrogen) atoms. The Hall–Kier alpha value is -4.49. The van der Waals surface area contributed by atoms with Crippen molar-refractivity contribution in [1.29, 1.82) is 5.26 Å². The summed E-state index contributed by atoms with van der Waals surface area (Å²) in [5.74, 6) is -1.77. The van der Waals surface area contributed by atoms with E-state index in [9.17, 15) is 28.0 Å². The number of hydrogen-bond acceptors (Lipinski definition) is 4. The van der Waals surface area contributed by atoms with Crippen LogP contribution in [0.5, 0.6) is 5.75 Å². The summed E-state index contributed by atoms with van der Waals surface area (Å²) in [6.45, 7) is 4.70. The number of nitrogens with one attached hydrogen (secondary N) is 2. The van der Waals surface area contributed by atoms with Gasteiger partial charge in [-0.1, -0.05) is 41.9 Å². The van der Waals surface area contributed by atoms with E-state index in [-0.39, 0.29) is 34.9 Å². The molecule has 1 aromatic heterocycles. The first-order valence-electron chi connectivity index (χ1n) is 13.3. The SMILES string of the molecule is CCN(CC)C(=O)c1ccc(-c2ccc(OC(F)(F)F)c(C(=O)NC(CC#N)Cc3c[nH]c4ccccc34)c2)cc1Cl. The fourth-order valence-electron chi connectivity index (χ4n) is 4.76. The minimum atomic E-state index is -5.04. The number of fused-ring (bicyclic) bond motifs is 1. The number of rotatable bonds is 10. The molecule has 2 amide bonds. The van der Waals surface area contributed by atoms with Crippen molar-refractivity contribution in [2.24, 2.45) is 0 Å². The summed E-state index contributed by atoms with van der Waals surface area (Å²) >= 11 is 6.43. The van der Waals surface area contributed by atoms with Gasteiger partial charge in [0.25, 0.3) is 11.8 Å². The summed E-state index contributed by atoms with van der Waals surface area (Å²) in [4.78, 5) is 30.9. The number of nitriles is 1. The summed E-state index contributed by atoms with van der Waals surface area (Å²) in [7, 11) is 0. The van der Waals surface area contributed by atoms with Crippen LogP contribution in [0.3, 0.4) is 0 Å². The van der Waals surface area contributed by atoms with E-state index in [2.05, 4.69) is 15.0 Å². The molecule has 2 N–H and O–H groups in total. The van der Waals surface area contributed by atoms with Crippen LogP contribution < -0.4 is 10.1 Å². The average Bonchev–Trinajstić information content (AvgIpc) is 3.35. The Morgan fingerprint density at radius 2 is 1.74 bits per heavy atom. The molecule has 0 aliphatic heterocycles. The van der Waals surface area contributed by atoms with Gasteiger partial charge in [-0.3, -0.25) is 9.59 Å². The highest BCUT2D eigenvalue weighted by Crippen LogP contribution is 2.33. The third kappa shape index (κ3) is 7.04. The van der Waals surface area contributed by atoms with E-state index in [0.29, 0.717) is 24.2 Å². The third-order valence-electron chi connectivity index (χ3n) is 6.85. The largest absolute Gasteiger partial charge is 0.573 e. The number of benzene rings is 3. The molecule has 0 aliphatic rings. The molecule has 11 heteroatoms. The fourth-order valence-corrected chi connectivity index (χ4v) is 5.02. The van der Waals surface area contributed by atoms with Crippen LogP contribution in [0.4, 0.5) is 13.2 Å². The number of carbonyl (C=O) groups is 2. The highest BCUT2D eigenvalue weighted by Gasteiger charge is 2.33. The van der Waals surface area contributed by atoms with Crippen LogP contribution >= 0.6 is 11.6 Å². The van der Waals surface area contributed by atoms with Crippen LogP contribution in [-0.4, -0.2) is 47.2 Å². The van der Waals surface area contributed by atoms with E-state index >= 15 is 0 Å². The predicted octanol–water partition coefficient (Wildman–Crippen LogP) is 7.12. The van der Waals surface area contributed by atoms with Gasteiger partial charge >= 0.3 is 6.36 Å². The number of para-hydroxylation sites is 1. The molecule has 1 unspecified atom stereocenters. The molecule has 4 rings (SSSR count). The average molecular weight is 597 g/mol. The number of aromatic amines is 1. The van der Waals surface area contributed by atoms with Crippen molar-refractivity contribution >= 4 is 34.3 Å². The van der Waals surface area contributed by atoms with Gasteiger partial charge in [-0.2, -0.15) is 5.26 Å². The zero-order chi connectivity index (χ0) is 30.4. The summed E-state index contributed by atoms with van der Waals surface area (Å²) in [5, 5.41) is 13.2. The van der Waals surface area contributed by atoms with E-state index in [1.54, 1.807) is 23.2 Å². The van der Waals surface area contributed by atoms with Crippen LogP contribution in [0.2, 0.25) is 5.02 Å². The normalized spacial score (nSPS) is 12.0. The molecule has 0 aliphatic carbocycles. The number of H-pyrrole nitrogens is 1. The minimum absolute atomic E-state index is 0.0714. The maximum atomic E-state index is 13.4. The van der Waals surface area contributed by atoms with Crippen LogP contribution in [0.1, 0.15) is 46.5 Å². The minimum Gasteiger partial charge on any atom is -0.405 e. The number of halogens is 4. The van der Waals surface area contributed by atoms with Crippen molar-refractivity contribution < 1.29 is 27.5 Å². The van der Waals surface area contributed by atoms with E-state index in [4.69, 9.17) is 11.6 Å². The predicted molar refractivity (Wildman–Crippen MR) is 154 cm³/mol. The lowest BCUT2D eigenvalue weighted by atomic mass is 9.99. The second-order valence-electron chi connectivity index (χ2n) is 9.53. The summed E-state index contributed by atoms with van der Waals surface area (Å²) < 4.78 is 43.9. The number of hydrogen-bond donors (Lipinski definition) is 2. The van der Waals surface area contributed by atoms with Gasteiger partial charge in [0.05, 0.1) is 28.6 Å². The monoisotopic (exact) mass is 596 g/mol. The van der Waals surface area contributed by atoms with Gasteiger partial charge in [-0.25, -0.2) is 0 Å². The van der Waals surface area contributed by atoms with Crippen molar-refractivity contribution in [2.75, 3.05) is 13.1 Å². The zero-order valence-electron chi connectivity index (χ0n) is 22.9. The van der Waals surface area contributed by atoms with Crippen LogP contribution in [0.15, 0.2) is 66.9 Å². The standard InChI is InChI=1S/C31H28ClF3N4O3/c1-3-39(4-2)30(41)24-11-9-20(17-26(24)32)19-10-12-28(42-31(33,34)35)25(16-19)29(40)38-22(13-14-36)15-21-18-37-27-8-6-5-7-23(21)27/h5-12,16-18,22,37H,3-4,13,15H2,1-2H3,(H,38,40). The molecule has 0 bridgehead atoms. The number of nitrogens with zero attached hydrogens (tertiary/aromatic N) is 2. The molecule has 1 heterocycles. The Bertz CT molecular complexity index is 1640. The molecule has 0 spiro atoms. The first-order chi connectivity index (χ1) is 20.0. The van der Waals surface area contributed by atoms with Crippen LogP contribution in [0, 0.1) is 11.3 Å². The first kappa shape index (κ1) is 30.5. The number of alkyl halides is 3. The molecule has 0 radical (unpaired) electrons. The van der Waals surface area contributed by atoms with E-state index in [0.717, 1.165) is 22.5 Å². The number of amides is 2. The molecule has 218 valence electrons. The number of carbonyl (C=O) groups excluding carboxylic acids is 2. The topological polar surface area (TPSA) is 98.2 Å². The Kier molecular flexibility index (Phi) is 9.43. The van der Waals surface area contributed by atoms with Crippen molar-refractivity contribution in [1.82, 2.24) is 15.2 Å². The highest BCUT2D eigenvalue weighted by molar-refractivity contribution is 6.34. The van der Waals surface area contributed by atoms with Crippen molar-refractivity contribution in [3.8, 4) is 22.9 Å². The zero-order valence-corrected chi connectivity index (χ0v) is 23.6. The van der Waals surface area contributed by atoms with Crippen molar-refractivity contribution in [3.05, 3.63) is 88.6 Å². The third-order valence-corrected chi connectivity index (χ3v) is 7.16. The van der Waals surface area contributed by atoms with Gasteiger partial charge in [0.2, 0.25) is 0 Å². The fraction of sp³-hybridized carbons (Fsp3) is 0.258. The van der Waals surface area contributed by atoms with Gasteiger partial charge < -0.3 is 19.9 Å². The Labute approximate surface area is 245 Å². The number of aromatic nitrogens is 1. The maximum absolute atomic E-state index is 13.4. The van der Waals surface area contributed by atoms with Gasteiger partial charge in [0, 0.05) is 36.2 Å². The lowest BCUT2D eigenvalue weighted by Gasteiger charge is -2.20. The van der Waals surface area contributed by atoms with Gasteiger partial charge in [0.1, 0.15) is 5.75 Å². The van der Waals surface area contributed by atoms with E-state index in [1.807, 2.05) is 44.2 Å². The summed E-state index contributed by atoms with van der Waals surface area (Å²) in [6.07, 6.45) is -3.06. The van der Waals surface area contributed by atoms with E-state index in [1.165, 1.54) is 18.2 Å². The smallest absolute Gasteiger partial charge is 0.405 e. The van der Waals surface area contributed by atoms with Crippen LogP contribution in [-0.2, 0) is 6.42 Å². The Morgan fingerprint density at radius 1 is 1.05 bits per heavy atom. The molecule has 0 saturated carbocycles. The molecule has 4 aromatic rings. The quantitative estimate of drug-likeness (QED) is 0.204. The second kappa shape index (κ2) is 13.0. The number of ether oxygens (including phenoxy) is 1. The lowest BCUT2D eigenvalue weighted by molar-refractivity contribution is -0.274. The lowest BCUT2D eigenvalue weighted by Crippen LogP contribution is -2.36. The van der Waals surface area contributed by atoms with Gasteiger partial charge in [-0.05, 0) is 67.3 Å². The van der Waals surface area contributed by atoms with Crippen LogP contribution in [0.25, 0.3) is 22.0 Å². The van der Waals surface area contributed by atoms with Gasteiger partial charge in [-0.15, -0.1) is 13.2 Å². The second-order valence-corrected chi connectivity index (χ2v) is 9.93. The summed E-state index contributed by atoms with van der Waals surface area (Å²) in [6, 6.07) is 17.2. The molecular formula is C31H28ClF3N4O3. The van der Waals surface area contributed by atoms with Gasteiger partial charge in [0.15, 0.2) is 0 Å². The maximum Gasteiger partial charge on any atom is 0.573 e. The molecule has 1 atom stereocenters.